The minimum Gasteiger partial charge on any atom is -0.490 e. The summed E-state index contributed by atoms with van der Waals surface area (Å²) in [5, 5.41) is 8.81. The predicted molar refractivity (Wildman–Crippen MR) is 67.3 cm³/mol. The summed E-state index contributed by atoms with van der Waals surface area (Å²) in [4.78, 5) is 10.7. The van der Waals surface area contributed by atoms with E-state index in [0.29, 0.717) is 18.6 Å². The van der Waals surface area contributed by atoms with Gasteiger partial charge in [-0.2, -0.15) is 0 Å². The largest absolute Gasteiger partial charge is 0.490 e. The second-order valence-corrected chi connectivity index (χ2v) is 3.70. The zero-order valence-electron chi connectivity index (χ0n) is 10.3. The van der Waals surface area contributed by atoms with Crippen LogP contribution in [0.2, 0.25) is 0 Å². The van der Waals surface area contributed by atoms with E-state index in [1.807, 2.05) is 31.2 Å². The Kier molecular flexibility index (Phi) is 5.27. The average Bonchev–Trinajstić information content (AvgIpc) is 2.35. The van der Waals surface area contributed by atoms with E-state index in [2.05, 4.69) is 6.92 Å². The van der Waals surface area contributed by atoms with Crippen LogP contribution in [-0.4, -0.2) is 17.7 Å². The van der Waals surface area contributed by atoms with Crippen LogP contribution in [0.3, 0.4) is 0 Å². The summed E-state index contributed by atoms with van der Waals surface area (Å²) in [6.07, 6.45) is 3.11. The van der Waals surface area contributed by atoms with Crippen LogP contribution < -0.4 is 4.74 Å². The molecule has 3 heteroatoms. The van der Waals surface area contributed by atoms with Gasteiger partial charge in [0.1, 0.15) is 12.4 Å². The van der Waals surface area contributed by atoms with Crippen LogP contribution in [0.4, 0.5) is 0 Å². The number of hydrogen-bond donors (Lipinski definition) is 1. The molecular weight excluding hydrogens is 216 g/mol. The van der Waals surface area contributed by atoms with Gasteiger partial charge >= 0.3 is 5.97 Å². The molecular formula is C14H18O3. The number of ether oxygens (including phenoxy) is 1. The highest BCUT2D eigenvalue weighted by Gasteiger charge is 2.03. The molecule has 0 fully saturated rings. The van der Waals surface area contributed by atoms with E-state index in [-0.39, 0.29) is 0 Å². The third-order valence-corrected chi connectivity index (χ3v) is 2.57. The van der Waals surface area contributed by atoms with Crippen molar-refractivity contribution >= 4 is 5.97 Å². The number of rotatable bonds is 6. The highest BCUT2D eigenvalue weighted by atomic mass is 16.5. The van der Waals surface area contributed by atoms with Crippen LogP contribution in [0.1, 0.15) is 25.8 Å². The topological polar surface area (TPSA) is 46.5 Å². The molecule has 0 aliphatic carbocycles. The van der Waals surface area contributed by atoms with Crippen LogP contribution in [0, 0.1) is 0 Å². The van der Waals surface area contributed by atoms with Gasteiger partial charge in [0.15, 0.2) is 0 Å². The highest BCUT2D eigenvalue weighted by Crippen LogP contribution is 2.12. The van der Waals surface area contributed by atoms with Gasteiger partial charge in [-0.3, -0.25) is 0 Å². The fourth-order valence-corrected chi connectivity index (χ4v) is 1.44. The molecule has 0 atom stereocenters. The second kappa shape index (κ2) is 6.74. The Labute approximate surface area is 102 Å². The third kappa shape index (κ3) is 4.31. The fraction of sp³-hybridized carbons (Fsp3) is 0.357. The molecule has 0 unspecified atom stereocenters. The number of hydrogen-bond acceptors (Lipinski definition) is 2. The number of carbonyl (C=O) groups is 1. The van der Waals surface area contributed by atoms with Crippen LogP contribution in [-0.2, 0) is 11.2 Å². The maximum Gasteiger partial charge on any atom is 0.331 e. The Hall–Kier alpha value is -1.77. The summed E-state index contributed by atoms with van der Waals surface area (Å²) in [6, 6.07) is 7.83. The standard InChI is InChI=1S/C14H18O3/c1-3-11-5-7-13(8-6-11)17-10-9-12(4-2)14(15)16/h5-9H,3-4,10H2,1-2H3,(H,15,16). The van der Waals surface area contributed by atoms with Crippen molar-refractivity contribution in [3.63, 3.8) is 0 Å². The Morgan fingerprint density at radius 2 is 1.94 bits per heavy atom. The van der Waals surface area contributed by atoms with Gasteiger partial charge in [-0.05, 0) is 36.6 Å². The number of carboxylic acids is 1. The minimum atomic E-state index is -0.877. The number of carboxylic acid groups (broad SMARTS) is 1. The molecule has 0 heterocycles. The minimum absolute atomic E-state index is 0.293. The van der Waals surface area contributed by atoms with Gasteiger partial charge in [-0.25, -0.2) is 4.79 Å². The van der Waals surface area contributed by atoms with E-state index < -0.39 is 5.97 Å². The van der Waals surface area contributed by atoms with E-state index in [9.17, 15) is 4.79 Å². The average molecular weight is 234 g/mol. The van der Waals surface area contributed by atoms with E-state index in [0.717, 1.165) is 12.2 Å². The van der Waals surface area contributed by atoms with Crippen molar-refractivity contribution in [2.24, 2.45) is 0 Å². The van der Waals surface area contributed by atoms with Crippen LogP contribution in [0.5, 0.6) is 5.75 Å². The maximum absolute atomic E-state index is 10.7. The van der Waals surface area contributed by atoms with Crippen molar-refractivity contribution in [3.8, 4) is 5.75 Å². The molecule has 1 rings (SSSR count). The van der Waals surface area contributed by atoms with Crippen molar-refractivity contribution in [2.75, 3.05) is 6.61 Å². The molecule has 0 aromatic heterocycles. The molecule has 0 saturated heterocycles. The molecule has 92 valence electrons. The first-order valence-electron chi connectivity index (χ1n) is 5.81. The molecule has 0 spiro atoms. The molecule has 1 N–H and O–H groups in total. The maximum atomic E-state index is 10.7. The molecule has 0 radical (unpaired) electrons. The lowest BCUT2D eigenvalue weighted by atomic mass is 10.2. The molecule has 1 aromatic rings. The molecule has 1 aromatic carbocycles. The van der Waals surface area contributed by atoms with E-state index in [4.69, 9.17) is 9.84 Å². The third-order valence-electron chi connectivity index (χ3n) is 2.57. The first-order valence-corrected chi connectivity index (χ1v) is 5.81. The van der Waals surface area contributed by atoms with Gasteiger partial charge in [0.2, 0.25) is 0 Å². The molecule has 0 aliphatic rings. The Morgan fingerprint density at radius 3 is 2.41 bits per heavy atom. The summed E-state index contributed by atoms with van der Waals surface area (Å²) >= 11 is 0. The lowest BCUT2D eigenvalue weighted by Gasteiger charge is -2.05. The highest BCUT2D eigenvalue weighted by molar-refractivity contribution is 5.86. The lowest BCUT2D eigenvalue weighted by Crippen LogP contribution is -2.02. The summed E-state index contributed by atoms with van der Waals surface area (Å²) in [5.41, 5.74) is 1.64. The van der Waals surface area contributed by atoms with Gasteiger partial charge in [-0.15, -0.1) is 0 Å². The van der Waals surface area contributed by atoms with Gasteiger partial charge < -0.3 is 9.84 Å². The van der Waals surface area contributed by atoms with E-state index in [1.165, 1.54) is 5.56 Å². The molecule has 0 aliphatic heterocycles. The molecule has 0 bridgehead atoms. The van der Waals surface area contributed by atoms with Gasteiger partial charge in [0, 0.05) is 5.57 Å². The summed E-state index contributed by atoms with van der Waals surface area (Å²) in [6.45, 7) is 4.20. The summed E-state index contributed by atoms with van der Waals surface area (Å²) < 4.78 is 5.45. The first kappa shape index (κ1) is 13.3. The quantitative estimate of drug-likeness (QED) is 0.769. The Balaban J connectivity index is 2.52. The molecule has 3 nitrogen and oxygen atoms in total. The monoisotopic (exact) mass is 234 g/mol. The summed E-state index contributed by atoms with van der Waals surface area (Å²) in [7, 11) is 0. The number of aliphatic carboxylic acids is 1. The number of aryl methyl sites for hydroxylation is 1. The second-order valence-electron chi connectivity index (χ2n) is 3.70. The predicted octanol–water partition coefficient (Wildman–Crippen LogP) is 3.05. The van der Waals surface area contributed by atoms with Crippen LogP contribution >= 0.6 is 0 Å². The van der Waals surface area contributed by atoms with Crippen LogP contribution in [0.25, 0.3) is 0 Å². The molecule has 17 heavy (non-hydrogen) atoms. The van der Waals surface area contributed by atoms with E-state index >= 15 is 0 Å². The van der Waals surface area contributed by atoms with E-state index in [1.54, 1.807) is 6.08 Å². The Bertz CT molecular complexity index is 390. The Morgan fingerprint density at radius 1 is 1.29 bits per heavy atom. The number of benzene rings is 1. The summed E-state index contributed by atoms with van der Waals surface area (Å²) in [5.74, 6) is -0.114. The first-order chi connectivity index (χ1) is 8.17. The normalized spacial score (nSPS) is 11.3. The molecule has 0 amide bonds. The zero-order chi connectivity index (χ0) is 12.7. The molecule has 0 saturated carbocycles. The van der Waals surface area contributed by atoms with Crippen molar-refractivity contribution in [1.82, 2.24) is 0 Å². The zero-order valence-corrected chi connectivity index (χ0v) is 10.3. The fourth-order valence-electron chi connectivity index (χ4n) is 1.44. The van der Waals surface area contributed by atoms with Crippen molar-refractivity contribution in [2.45, 2.75) is 26.7 Å². The van der Waals surface area contributed by atoms with Gasteiger partial charge in [0.05, 0.1) is 0 Å². The van der Waals surface area contributed by atoms with Gasteiger partial charge in [-0.1, -0.05) is 26.0 Å². The SMILES string of the molecule is CCC(=CCOc1ccc(CC)cc1)C(=O)O. The van der Waals surface area contributed by atoms with Crippen LogP contribution in [0.15, 0.2) is 35.9 Å². The van der Waals surface area contributed by atoms with Crippen molar-refractivity contribution in [3.05, 3.63) is 41.5 Å². The van der Waals surface area contributed by atoms with Crippen molar-refractivity contribution < 1.29 is 14.6 Å². The smallest absolute Gasteiger partial charge is 0.331 e. The van der Waals surface area contributed by atoms with Crippen molar-refractivity contribution in [1.29, 1.82) is 0 Å². The lowest BCUT2D eigenvalue weighted by molar-refractivity contribution is -0.132. The van der Waals surface area contributed by atoms with Gasteiger partial charge in [0.25, 0.3) is 0 Å².